The van der Waals surface area contributed by atoms with Gasteiger partial charge in [0.15, 0.2) is 0 Å². The van der Waals surface area contributed by atoms with Gasteiger partial charge in [0.1, 0.15) is 11.5 Å². The number of carbonyl (C=O) groups is 1. The van der Waals surface area contributed by atoms with Crippen LogP contribution in [-0.2, 0) is 11.2 Å². The molecule has 0 atom stereocenters. The molecule has 1 N–H and O–H groups in total. The van der Waals surface area contributed by atoms with Gasteiger partial charge in [-0.15, -0.1) is 0 Å². The number of hydrogen-bond donors (Lipinski definition) is 1. The summed E-state index contributed by atoms with van der Waals surface area (Å²) in [6.45, 7) is 0. The second kappa shape index (κ2) is 4.75. The van der Waals surface area contributed by atoms with Gasteiger partial charge in [-0.1, -0.05) is 18.2 Å². The number of phenols is 1. The topological polar surface area (TPSA) is 49.7 Å². The molecule has 0 aromatic heterocycles. The van der Waals surface area contributed by atoms with Crippen molar-refractivity contribution in [2.24, 2.45) is 4.99 Å². The maximum absolute atomic E-state index is 11.7. The quantitative estimate of drug-likeness (QED) is 0.837. The highest BCUT2D eigenvalue weighted by atomic mass is 16.3. The fourth-order valence-corrected chi connectivity index (χ4v) is 1.70. The SMILES string of the molecule is O=C(CC1=NC=CC1)Cc1cccc(O)c1. The first kappa shape index (κ1) is 10.6. The monoisotopic (exact) mass is 215 g/mol. The van der Waals surface area contributed by atoms with E-state index in [9.17, 15) is 9.90 Å². The number of benzene rings is 1. The van der Waals surface area contributed by atoms with Crippen LogP contribution in [0.3, 0.4) is 0 Å². The third-order valence-electron chi connectivity index (χ3n) is 2.43. The molecule has 0 saturated carbocycles. The van der Waals surface area contributed by atoms with E-state index in [2.05, 4.69) is 4.99 Å². The van der Waals surface area contributed by atoms with Crippen LogP contribution in [0.4, 0.5) is 0 Å². The van der Waals surface area contributed by atoms with Gasteiger partial charge < -0.3 is 5.11 Å². The maximum Gasteiger partial charge on any atom is 0.142 e. The van der Waals surface area contributed by atoms with Crippen LogP contribution in [0.15, 0.2) is 41.5 Å². The lowest BCUT2D eigenvalue weighted by atomic mass is 10.0. The fourth-order valence-electron chi connectivity index (χ4n) is 1.70. The lowest BCUT2D eigenvalue weighted by molar-refractivity contribution is -0.117. The summed E-state index contributed by atoms with van der Waals surface area (Å²) < 4.78 is 0. The molecule has 0 aliphatic carbocycles. The molecular weight excluding hydrogens is 202 g/mol. The van der Waals surface area contributed by atoms with Crippen molar-refractivity contribution in [3.63, 3.8) is 0 Å². The van der Waals surface area contributed by atoms with E-state index in [0.717, 1.165) is 17.7 Å². The van der Waals surface area contributed by atoms with Gasteiger partial charge in [-0.25, -0.2) is 0 Å². The Morgan fingerprint density at radius 3 is 2.94 bits per heavy atom. The van der Waals surface area contributed by atoms with Gasteiger partial charge >= 0.3 is 0 Å². The van der Waals surface area contributed by atoms with Crippen LogP contribution >= 0.6 is 0 Å². The van der Waals surface area contributed by atoms with E-state index in [1.807, 2.05) is 12.1 Å². The Kier molecular flexibility index (Phi) is 3.15. The molecule has 0 amide bonds. The van der Waals surface area contributed by atoms with Crippen molar-refractivity contribution in [1.29, 1.82) is 0 Å². The molecule has 1 aromatic carbocycles. The third kappa shape index (κ3) is 2.79. The van der Waals surface area contributed by atoms with Gasteiger partial charge in [-0.2, -0.15) is 0 Å². The number of carbonyl (C=O) groups excluding carboxylic acids is 1. The van der Waals surface area contributed by atoms with Crippen LogP contribution in [0.1, 0.15) is 18.4 Å². The van der Waals surface area contributed by atoms with Crippen LogP contribution in [0.25, 0.3) is 0 Å². The Bertz CT molecular complexity index is 461. The zero-order chi connectivity index (χ0) is 11.4. The van der Waals surface area contributed by atoms with Gasteiger partial charge in [0.05, 0.1) is 0 Å². The summed E-state index contributed by atoms with van der Waals surface area (Å²) in [6, 6.07) is 6.80. The summed E-state index contributed by atoms with van der Waals surface area (Å²) in [5.74, 6) is 0.332. The highest BCUT2D eigenvalue weighted by Crippen LogP contribution is 2.13. The lowest BCUT2D eigenvalue weighted by Gasteiger charge is -2.02. The minimum atomic E-state index is 0.132. The average molecular weight is 215 g/mol. The molecule has 0 saturated heterocycles. The van der Waals surface area contributed by atoms with E-state index in [1.54, 1.807) is 24.4 Å². The molecule has 1 aliphatic rings. The van der Waals surface area contributed by atoms with E-state index in [0.29, 0.717) is 12.8 Å². The molecule has 0 bridgehead atoms. The molecule has 1 aliphatic heterocycles. The van der Waals surface area contributed by atoms with Gasteiger partial charge in [-0.3, -0.25) is 9.79 Å². The number of aromatic hydroxyl groups is 1. The van der Waals surface area contributed by atoms with Crippen molar-refractivity contribution in [2.75, 3.05) is 0 Å². The Labute approximate surface area is 94.1 Å². The molecular formula is C13H13NO2. The van der Waals surface area contributed by atoms with Crippen LogP contribution in [0.5, 0.6) is 5.75 Å². The van der Waals surface area contributed by atoms with Gasteiger partial charge in [0.2, 0.25) is 0 Å². The molecule has 3 heteroatoms. The van der Waals surface area contributed by atoms with Crippen LogP contribution in [0, 0.1) is 0 Å². The third-order valence-corrected chi connectivity index (χ3v) is 2.43. The molecule has 2 rings (SSSR count). The lowest BCUT2D eigenvalue weighted by Crippen LogP contribution is -2.08. The van der Waals surface area contributed by atoms with Crippen LogP contribution in [-0.4, -0.2) is 16.6 Å². The molecule has 16 heavy (non-hydrogen) atoms. The Hall–Kier alpha value is -1.90. The summed E-state index contributed by atoms with van der Waals surface area (Å²) >= 11 is 0. The molecule has 0 radical (unpaired) electrons. The second-order valence-corrected chi connectivity index (χ2v) is 3.85. The average Bonchev–Trinajstić information content (AvgIpc) is 2.70. The minimum absolute atomic E-state index is 0.132. The van der Waals surface area contributed by atoms with Crippen molar-refractivity contribution in [1.82, 2.24) is 0 Å². The van der Waals surface area contributed by atoms with E-state index in [1.165, 1.54) is 0 Å². The van der Waals surface area contributed by atoms with Crippen molar-refractivity contribution >= 4 is 11.5 Å². The summed E-state index contributed by atoms with van der Waals surface area (Å²) in [7, 11) is 0. The van der Waals surface area contributed by atoms with Crippen molar-refractivity contribution in [2.45, 2.75) is 19.3 Å². The number of Topliss-reactive ketones (excluding diaryl/α,β-unsaturated/α-hetero) is 1. The Morgan fingerprint density at radius 2 is 2.25 bits per heavy atom. The number of rotatable bonds is 4. The molecule has 3 nitrogen and oxygen atoms in total. The smallest absolute Gasteiger partial charge is 0.142 e. The summed E-state index contributed by atoms with van der Waals surface area (Å²) in [6.07, 6.45) is 5.22. The maximum atomic E-state index is 11.7. The zero-order valence-corrected chi connectivity index (χ0v) is 8.89. The van der Waals surface area contributed by atoms with Crippen molar-refractivity contribution in [3.8, 4) is 5.75 Å². The van der Waals surface area contributed by atoms with E-state index < -0.39 is 0 Å². The predicted octanol–water partition coefficient (Wildman–Crippen LogP) is 2.25. The summed E-state index contributed by atoms with van der Waals surface area (Å²) in [4.78, 5) is 15.8. The zero-order valence-electron chi connectivity index (χ0n) is 8.89. The normalized spacial score (nSPS) is 13.9. The second-order valence-electron chi connectivity index (χ2n) is 3.85. The first-order valence-electron chi connectivity index (χ1n) is 5.24. The number of aliphatic imine (C=N–C) groups is 1. The van der Waals surface area contributed by atoms with Gasteiger partial charge in [0, 0.05) is 31.2 Å². The highest BCUT2D eigenvalue weighted by molar-refractivity contribution is 6.04. The fraction of sp³-hybridized carbons (Fsp3) is 0.231. The standard InChI is InChI=1S/C13H13NO2/c15-12-5-1-3-10(7-12)8-13(16)9-11-4-2-6-14-11/h1-3,5-7,15H,4,8-9H2. The number of hydrogen-bond acceptors (Lipinski definition) is 3. The van der Waals surface area contributed by atoms with Gasteiger partial charge in [0.25, 0.3) is 0 Å². The molecule has 1 aromatic rings. The highest BCUT2D eigenvalue weighted by Gasteiger charge is 2.09. The molecule has 0 unspecified atom stereocenters. The van der Waals surface area contributed by atoms with Crippen molar-refractivity contribution in [3.05, 3.63) is 42.1 Å². The molecule has 82 valence electrons. The minimum Gasteiger partial charge on any atom is -0.508 e. The Balaban J connectivity index is 1.92. The number of phenolic OH excluding ortho intramolecular Hbond substituents is 1. The molecule has 0 fully saturated rings. The van der Waals surface area contributed by atoms with E-state index in [-0.39, 0.29) is 11.5 Å². The molecule has 0 spiro atoms. The predicted molar refractivity (Wildman–Crippen MR) is 62.6 cm³/mol. The summed E-state index contributed by atoms with van der Waals surface area (Å²) in [5, 5.41) is 9.27. The number of nitrogens with zero attached hydrogens (tertiary/aromatic N) is 1. The van der Waals surface area contributed by atoms with Gasteiger partial charge in [-0.05, 0) is 17.7 Å². The Morgan fingerprint density at radius 1 is 1.38 bits per heavy atom. The van der Waals surface area contributed by atoms with E-state index in [4.69, 9.17) is 0 Å². The first-order valence-corrected chi connectivity index (χ1v) is 5.24. The van der Waals surface area contributed by atoms with Crippen molar-refractivity contribution < 1.29 is 9.90 Å². The van der Waals surface area contributed by atoms with Crippen LogP contribution in [0.2, 0.25) is 0 Å². The number of ketones is 1. The van der Waals surface area contributed by atoms with E-state index >= 15 is 0 Å². The molecule has 1 heterocycles. The number of allylic oxidation sites excluding steroid dienone is 1. The summed E-state index contributed by atoms with van der Waals surface area (Å²) in [5.41, 5.74) is 1.77. The van der Waals surface area contributed by atoms with Crippen LogP contribution < -0.4 is 0 Å². The largest absolute Gasteiger partial charge is 0.508 e. The first-order chi connectivity index (χ1) is 7.74.